The predicted molar refractivity (Wildman–Crippen MR) is 119 cm³/mol. The van der Waals surface area contributed by atoms with Gasteiger partial charge in [0.05, 0.1) is 33.1 Å². The molecule has 2 aromatic rings. The molecular weight excluding hydrogens is 398 g/mol. The highest BCUT2D eigenvalue weighted by Crippen LogP contribution is 2.33. The summed E-state index contributed by atoms with van der Waals surface area (Å²) in [6.45, 7) is 0.900. The van der Waals surface area contributed by atoms with Crippen LogP contribution < -0.4 is 19.7 Å². The Kier molecular flexibility index (Phi) is 7.72. The molecule has 1 fully saturated rings. The van der Waals surface area contributed by atoms with Crippen molar-refractivity contribution in [1.82, 2.24) is 4.90 Å². The first-order chi connectivity index (χ1) is 15.1. The van der Waals surface area contributed by atoms with Crippen LogP contribution in [-0.2, 0) is 11.3 Å². The maximum atomic E-state index is 13.0. The van der Waals surface area contributed by atoms with Gasteiger partial charge < -0.3 is 29.7 Å². The number of hydrogen-bond acceptors (Lipinski definition) is 5. The van der Waals surface area contributed by atoms with Crippen LogP contribution in [0.15, 0.2) is 42.5 Å². The van der Waals surface area contributed by atoms with Crippen LogP contribution in [0.5, 0.6) is 11.5 Å². The summed E-state index contributed by atoms with van der Waals surface area (Å²) in [6.07, 6.45) is 2.31. The Morgan fingerprint density at radius 3 is 2.61 bits per heavy atom. The number of rotatable bonds is 8. The topological polar surface area (TPSA) is 91.3 Å². The molecule has 3 amide bonds. The maximum absolute atomic E-state index is 13.0. The molecule has 0 saturated carbocycles. The molecule has 166 valence electrons. The first kappa shape index (κ1) is 22.4. The third kappa shape index (κ3) is 5.46. The molecule has 1 saturated heterocycles. The number of methoxy groups -OCH3 is 2. The zero-order valence-corrected chi connectivity index (χ0v) is 18.0. The fourth-order valence-electron chi connectivity index (χ4n) is 3.65. The number of hydrogen-bond donors (Lipinski definition) is 2. The average molecular weight is 428 g/mol. The standard InChI is InChI=1S/C23H29N3O5/c1-30-20-8-4-3-7-17(20)16-25(13-14-27)23(29)24-18-10-11-21(31-2)19(15-18)26-12-6-5-9-22(26)28/h3-4,7-8,10-11,15,27H,5-6,9,12-14,16H2,1-2H3,(H,24,29). The Labute approximate surface area is 182 Å². The summed E-state index contributed by atoms with van der Waals surface area (Å²) in [5.74, 6) is 1.30. The zero-order valence-electron chi connectivity index (χ0n) is 18.0. The molecular formula is C23H29N3O5. The number of aliphatic hydroxyl groups excluding tert-OH is 1. The predicted octanol–water partition coefficient (Wildman–Crippen LogP) is 3.25. The van der Waals surface area contributed by atoms with Crippen molar-refractivity contribution in [2.75, 3.05) is 44.1 Å². The van der Waals surface area contributed by atoms with Crippen LogP contribution in [0.2, 0.25) is 0 Å². The fraction of sp³-hybridized carbons (Fsp3) is 0.391. The molecule has 2 aromatic carbocycles. The molecule has 0 spiro atoms. The SMILES string of the molecule is COc1ccccc1CN(CCO)C(=O)Nc1ccc(OC)c(N2CCCCC2=O)c1. The van der Waals surface area contributed by atoms with Gasteiger partial charge in [-0.05, 0) is 37.1 Å². The van der Waals surface area contributed by atoms with Crippen LogP contribution in [-0.4, -0.2) is 55.9 Å². The normalized spacial score (nSPS) is 13.6. The summed E-state index contributed by atoms with van der Waals surface area (Å²) in [6, 6.07) is 12.3. The van der Waals surface area contributed by atoms with E-state index < -0.39 is 0 Å². The van der Waals surface area contributed by atoms with Crippen LogP contribution in [0, 0.1) is 0 Å². The van der Waals surface area contributed by atoms with E-state index in [0.717, 1.165) is 18.4 Å². The number of urea groups is 1. The van der Waals surface area contributed by atoms with E-state index in [9.17, 15) is 14.7 Å². The summed E-state index contributed by atoms with van der Waals surface area (Å²) < 4.78 is 10.8. The lowest BCUT2D eigenvalue weighted by Crippen LogP contribution is -2.37. The van der Waals surface area contributed by atoms with E-state index in [2.05, 4.69) is 5.32 Å². The number of piperidine rings is 1. The van der Waals surface area contributed by atoms with E-state index >= 15 is 0 Å². The van der Waals surface area contributed by atoms with Crippen molar-refractivity contribution < 1.29 is 24.2 Å². The van der Waals surface area contributed by atoms with Crippen LogP contribution in [0.25, 0.3) is 0 Å². The number of anilines is 2. The molecule has 0 unspecified atom stereocenters. The fourth-order valence-corrected chi connectivity index (χ4v) is 3.65. The minimum absolute atomic E-state index is 0.0473. The van der Waals surface area contributed by atoms with Crippen molar-refractivity contribution in [3.63, 3.8) is 0 Å². The first-order valence-electron chi connectivity index (χ1n) is 10.3. The molecule has 1 heterocycles. The second-order valence-electron chi connectivity index (χ2n) is 7.28. The Bertz CT molecular complexity index is 918. The molecule has 31 heavy (non-hydrogen) atoms. The van der Waals surface area contributed by atoms with Crippen molar-refractivity contribution in [3.05, 3.63) is 48.0 Å². The van der Waals surface area contributed by atoms with Crippen molar-refractivity contribution in [2.45, 2.75) is 25.8 Å². The van der Waals surface area contributed by atoms with Crippen molar-refractivity contribution in [1.29, 1.82) is 0 Å². The van der Waals surface area contributed by atoms with Crippen molar-refractivity contribution >= 4 is 23.3 Å². The smallest absolute Gasteiger partial charge is 0.322 e. The van der Waals surface area contributed by atoms with E-state index in [1.165, 1.54) is 4.90 Å². The molecule has 0 aromatic heterocycles. The highest BCUT2D eigenvalue weighted by molar-refractivity contribution is 5.97. The van der Waals surface area contributed by atoms with Crippen LogP contribution >= 0.6 is 0 Å². The van der Waals surface area contributed by atoms with Gasteiger partial charge in [-0.1, -0.05) is 18.2 Å². The molecule has 8 nitrogen and oxygen atoms in total. The molecule has 1 aliphatic heterocycles. The molecule has 3 rings (SSSR count). The monoisotopic (exact) mass is 427 g/mol. The van der Waals surface area contributed by atoms with Gasteiger partial charge in [0.25, 0.3) is 0 Å². The van der Waals surface area contributed by atoms with E-state index in [4.69, 9.17) is 9.47 Å². The van der Waals surface area contributed by atoms with Crippen LogP contribution in [0.3, 0.4) is 0 Å². The summed E-state index contributed by atoms with van der Waals surface area (Å²) >= 11 is 0. The number of benzene rings is 2. The molecule has 0 atom stereocenters. The Morgan fingerprint density at radius 2 is 1.90 bits per heavy atom. The molecule has 2 N–H and O–H groups in total. The van der Waals surface area contributed by atoms with Gasteiger partial charge in [0, 0.05) is 30.8 Å². The van der Waals surface area contributed by atoms with Crippen LogP contribution in [0.4, 0.5) is 16.2 Å². The number of carbonyl (C=O) groups excluding carboxylic acids is 2. The summed E-state index contributed by atoms with van der Waals surface area (Å²) in [5, 5.41) is 12.3. The lowest BCUT2D eigenvalue weighted by molar-refractivity contribution is -0.119. The third-order valence-corrected chi connectivity index (χ3v) is 5.26. The molecule has 0 bridgehead atoms. The van der Waals surface area contributed by atoms with Gasteiger partial charge in [-0.2, -0.15) is 0 Å². The van der Waals surface area contributed by atoms with Crippen molar-refractivity contribution in [2.24, 2.45) is 0 Å². The van der Waals surface area contributed by atoms with Crippen molar-refractivity contribution in [3.8, 4) is 11.5 Å². The zero-order chi connectivity index (χ0) is 22.2. The van der Waals surface area contributed by atoms with Gasteiger partial charge in [0.1, 0.15) is 11.5 Å². The second-order valence-corrected chi connectivity index (χ2v) is 7.28. The number of aliphatic hydroxyl groups is 1. The Balaban J connectivity index is 1.80. The quantitative estimate of drug-likeness (QED) is 0.675. The Hall–Kier alpha value is -3.26. The summed E-state index contributed by atoms with van der Waals surface area (Å²) in [4.78, 5) is 28.6. The minimum atomic E-state index is -0.360. The number of nitrogens with one attached hydrogen (secondary N) is 1. The number of carbonyl (C=O) groups is 2. The molecule has 0 aliphatic carbocycles. The third-order valence-electron chi connectivity index (χ3n) is 5.26. The highest BCUT2D eigenvalue weighted by atomic mass is 16.5. The summed E-state index contributed by atoms with van der Waals surface area (Å²) in [5.41, 5.74) is 2.02. The minimum Gasteiger partial charge on any atom is -0.496 e. The van der Waals surface area contributed by atoms with Crippen LogP contribution in [0.1, 0.15) is 24.8 Å². The lowest BCUT2D eigenvalue weighted by atomic mass is 10.1. The van der Waals surface area contributed by atoms with Gasteiger partial charge in [-0.15, -0.1) is 0 Å². The lowest BCUT2D eigenvalue weighted by Gasteiger charge is -2.29. The average Bonchev–Trinajstić information content (AvgIpc) is 2.79. The van der Waals surface area contributed by atoms with Gasteiger partial charge in [-0.25, -0.2) is 4.79 Å². The number of nitrogens with zero attached hydrogens (tertiary/aromatic N) is 2. The highest BCUT2D eigenvalue weighted by Gasteiger charge is 2.23. The Morgan fingerprint density at radius 1 is 1.13 bits per heavy atom. The van der Waals surface area contributed by atoms with E-state index in [-0.39, 0.29) is 31.6 Å². The largest absolute Gasteiger partial charge is 0.496 e. The maximum Gasteiger partial charge on any atom is 0.322 e. The van der Waals surface area contributed by atoms with Gasteiger partial charge in [-0.3, -0.25) is 4.79 Å². The number of ether oxygens (including phenoxy) is 2. The van der Waals surface area contributed by atoms with Gasteiger partial charge in [0.15, 0.2) is 0 Å². The molecule has 0 radical (unpaired) electrons. The van der Waals surface area contributed by atoms with E-state index in [1.807, 2.05) is 24.3 Å². The number of para-hydroxylation sites is 1. The van der Waals surface area contributed by atoms with E-state index in [0.29, 0.717) is 35.8 Å². The second kappa shape index (κ2) is 10.7. The van der Waals surface area contributed by atoms with Gasteiger partial charge in [0.2, 0.25) is 5.91 Å². The molecule has 8 heteroatoms. The first-order valence-corrected chi connectivity index (χ1v) is 10.3. The summed E-state index contributed by atoms with van der Waals surface area (Å²) in [7, 11) is 3.14. The number of amides is 3. The molecule has 1 aliphatic rings. The van der Waals surface area contributed by atoms with E-state index in [1.54, 1.807) is 37.3 Å². The van der Waals surface area contributed by atoms with Gasteiger partial charge >= 0.3 is 6.03 Å².